The van der Waals surface area contributed by atoms with Gasteiger partial charge in [0.05, 0.1) is 5.69 Å². The molecule has 4 N–H and O–H groups in total. The van der Waals surface area contributed by atoms with Gasteiger partial charge in [0.1, 0.15) is 17.0 Å². The molecule has 192 valence electrons. The number of carbonyl (C=O) groups is 2. The van der Waals surface area contributed by atoms with Crippen molar-refractivity contribution in [1.29, 1.82) is 0 Å². The van der Waals surface area contributed by atoms with Gasteiger partial charge in [0, 0.05) is 23.6 Å². The van der Waals surface area contributed by atoms with E-state index in [1.807, 2.05) is 38.1 Å². The van der Waals surface area contributed by atoms with Crippen molar-refractivity contribution in [2.24, 2.45) is 5.73 Å². The monoisotopic (exact) mass is 513 g/mol. The van der Waals surface area contributed by atoms with Gasteiger partial charge < -0.3 is 20.0 Å². The highest BCUT2D eigenvalue weighted by atomic mass is 35.5. The number of hydrogen-bond acceptors (Lipinski definition) is 6. The third kappa shape index (κ3) is 6.06. The summed E-state index contributed by atoms with van der Waals surface area (Å²) < 4.78 is 11.6. The number of ether oxygens (including phenoxy) is 1. The maximum atomic E-state index is 12.5. The van der Waals surface area contributed by atoms with Crippen LogP contribution in [0.3, 0.4) is 0 Å². The lowest BCUT2D eigenvalue weighted by Gasteiger charge is -2.28. The molecule has 1 unspecified atom stereocenters. The van der Waals surface area contributed by atoms with E-state index in [0.29, 0.717) is 34.7 Å². The fraction of sp³-hybridized carbons (Fsp3) is 0.370. The quantitative estimate of drug-likeness (QED) is 0.357. The molecule has 1 aromatic heterocycles. The van der Waals surface area contributed by atoms with Gasteiger partial charge in [-0.1, -0.05) is 23.7 Å². The first-order valence-corrected chi connectivity index (χ1v) is 11.9. The van der Waals surface area contributed by atoms with Crippen LogP contribution in [0, 0.1) is 20.8 Å². The lowest BCUT2D eigenvalue weighted by atomic mass is 9.93. The normalized spacial score (nSPS) is 13.3. The van der Waals surface area contributed by atoms with Crippen LogP contribution in [0.25, 0.3) is 11.5 Å². The van der Waals surface area contributed by atoms with E-state index in [4.69, 9.17) is 26.5 Å². The molecule has 3 rings (SSSR count). The zero-order valence-electron chi connectivity index (χ0n) is 21.4. The Morgan fingerprint density at radius 2 is 1.69 bits per heavy atom. The molecule has 0 radical (unpaired) electrons. The average Bonchev–Trinajstić information content (AvgIpc) is 3.15. The molecule has 0 bridgehead atoms. The van der Waals surface area contributed by atoms with Crippen LogP contribution in [0.15, 0.2) is 40.8 Å². The molecule has 2 aromatic carbocycles. The number of aromatic nitrogens is 1. The van der Waals surface area contributed by atoms with Gasteiger partial charge >= 0.3 is 5.97 Å². The molecule has 0 spiro atoms. The van der Waals surface area contributed by atoms with Crippen LogP contribution in [0.5, 0.6) is 5.75 Å². The number of aryl methyl sites for hydroxylation is 3. The predicted molar refractivity (Wildman–Crippen MR) is 138 cm³/mol. The Morgan fingerprint density at radius 1 is 1.11 bits per heavy atom. The number of carboxylic acid groups (broad SMARTS) is 1. The third-order valence-corrected chi connectivity index (χ3v) is 6.38. The highest BCUT2D eigenvalue weighted by molar-refractivity contribution is 6.30. The number of benzene rings is 2. The number of aliphatic carboxylic acids is 1. The summed E-state index contributed by atoms with van der Waals surface area (Å²) in [6, 6.07) is 10.9. The summed E-state index contributed by atoms with van der Waals surface area (Å²) in [6.45, 7) is 10.6. The second kappa shape index (κ2) is 10.3. The number of amides is 1. The average molecular weight is 514 g/mol. The summed E-state index contributed by atoms with van der Waals surface area (Å²) in [5.41, 5.74) is 7.23. The van der Waals surface area contributed by atoms with Crippen LogP contribution in [0.1, 0.15) is 48.9 Å². The molecule has 9 heteroatoms. The van der Waals surface area contributed by atoms with Crippen molar-refractivity contribution >= 4 is 23.5 Å². The van der Waals surface area contributed by atoms with Gasteiger partial charge in [-0.05, 0) is 82.5 Å². The van der Waals surface area contributed by atoms with Crippen molar-refractivity contribution in [3.63, 3.8) is 0 Å². The summed E-state index contributed by atoms with van der Waals surface area (Å²) in [5, 5.41) is 13.3. The Labute approximate surface area is 215 Å². The fourth-order valence-electron chi connectivity index (χ4n) is 3.78. The lowest BCUT2D eigenvalue weighted by Crippen LogP contribution is -2.54. The van der Waals surface area contributed by atoms with E-state index in [-0.39, 0.29) is 6.42 Å². The first-order valence-electron chi connectivity index (χ1n) is 11.5. The van der Waals surface area contributed by atoms with Crippen LogP contribution in [0.4, 0.5) is 0 Å². The van der Waals surface area contributed by atoms with Gasteiger partial charge in [0.25, 0.3) is 0 Å². The minimum absolute atomic E-state index is 0.233. The van der Waals surface area contributed by atoms with Crippen molar-refractivity contribution < 1.29 is 23.8 Å². The number of primary amides is 1. The predicted octanol–water partition coefficient (Wildman–Crippen LogP) is 4.74. The van der Waals surface area contributed by atoms with E-state index in [0.717, 1.165) is 22.3 Å². The van der Waals surface area contributed by atoms with Gasteiger partial charge in [-0.15, -0.1) is 0 Å². The zero-order chi connectivity index (χ0) is 26.8. The number of halogens is 1. The molecule has 0 saturated heterocycles. The molecule has 0 aliphatic heterocycles. The van der Waals surface area contributed by atoms with E-state index in [1.165, 1.54) is 13.8 Å². The van der Waals surface area contributed by atoms with E-state index >= 15 is 0 Å². The molecule has 1 amide bonds. The van der Waals surface area contributed by atoms with Crippen molar-refractivity contribution in [2.45, 2.75) is 65.6 Å². The van der Waals surface area contributed by atoms with E-state index in [1.54, 1.807) is 26.0 Å². The molecule has 36 heavy (non-hydrogen) atoms. The first-order chi connectivity index (χ1) is 16.7. The SMILES string of the molecule is Cc1cc(CNC(C)(Cc2nc(-c3ccc(Cl)cc3)oc2C)C(N)=O)cc(C)c1OC(C)(C)C(=O)O. The van der Waals surface area contributed by atoms with E-state index in [9.17, 15) is 14.7 Å². The number of nitrogens with zero attached hydrogens (tertiary/aromatic N) is 1. The largest absolute Gasteiger partial charge is 0.478 e. The second-order valence-electron chi connectivity index (χ2n) is 9.73. The Morgan fingerprint density at radius 3 is 2.22 bits per heavy atom. The minimum Gasteiger partial charge on any atom is -0.478 e. The number of rotatable bonds is 10. The van der Waals surface area contributed by atoms with Crippen LogP contribution in [-0.2, 0) is 22.6 Å². The minimum atomic E-state index is -1.36. The number of nitrogens with one attached hydrogen (secondary N) is 1. The lowest BCUT2D eigenvalue weighted by molar-refractivity contribution is -0.152. The molecular formula is C27H32ClN3O5. The maximum Gasteiger partial charge on any atom is 0.347 e. The number of oxazole rings is 1. The van der Waals surface area contributed by atoms with Gasteiger partial charge in [0.2, 0.25) is 11.8 Å². The molecule has 1 heterocycles. The molecule has 1 atom stereocenters. The van der Waals surface area contributed by atoms with Crippen molar-refractivity contribution in [3.05, 3.63) is 69.6 Å². The van der Waals surface area contributed by atoms with Crippen molar-refractivity contribution in [3.8, 4) is 17.2 Å². The topological polar surface area (TPSA) is 128 Å². The summed E-state index contributed by atoms with van der Waals surface area (Å²) in [6.07, 6.45) is 0.233. The maximum absolute atomic E-state index is 12.5. The smallest absolute Gasteiger partial charge is 0.347 e. The van der Waals surface area contributed by atoms with Crippen LogP contribution in [-0.4, -0.2) is 33.1 Å². The summed E-state index contributed by atoms with van der Waals surface area (Å²) in [7, 11) is 0. The van der Waals surface area contributed by atoms with E-state index < -0.39 is 23.0 Å². The number of carbonyl (C=O) groups excluding carboxylic acids is 1. The third-order valence-electron chi connectivity index (χ3n) is 6.12. The van der Waals surface area contributed by atoms with Crippen molar-refractivity contribution in [2.75, 3.05) is 0 Å². The molecule has 0 saturated carbocycles. The second-order valence-corrected chi connectivity index (χ2v) is 10.2. The highest BCUT2D eigenvalue weighted by Gasteiger charge is 2.34. The molecule has 3 aromatic rings. The molecule has 0 fully saturated rings. The van der Waals surface area contributed by atoms with Crippen LogP contribution in [0.2, 0.25) is 5.02 Å². The molecule has 0 aliphatic carbocycles. The number of nitrogens with two attached hydrogens (primary N) is 1. The Kier molecular flexibility index (Phi) is 7.81. The first kappa shape index (κ1) is 27.2. The number of hydrogen-bond donors (Lipinski definition) is 3. The summed E-state index contributed by atoms with van der Waals surface area (Å²) >= 11 is 5.97. The van der Waals surface area contributed by atoms with Gasteiger partial charge in [0.15, 0.2) is 5.60 Å². The highest BCUT2D eigenvalue weighted by Crippen LogP contribution is 2.30. The van der Waals surface area contributed by atoms with Gasteiger partial charge in [-0.3, -0.25) is 10.1 Å². The fourth-order valence-corrected chi connectivity index (χ4v) is 3.90. The zero-order valence-corrected chi connectivity index (χ0v) is 22.1. The summed E-state index contributed by atoms with van der Waals surface area (Å²) in [5.74, 6) is -0.00137. The van der Waals surface area contributed by atoms with Gasteiger partial charge in [-0.25, -0.2) is 9.78 Å². The van der Waals surface area contributed by atoms with Crippen molar-refractivity contribution in [1.82, 2.24) is 10.3 Å². The van der Waals surface area contributed by atoms with Crippen LogP contribution >= 0.6 is 11.6 Å². The van der Waals surface area contributed by atoms with Gasteiger partial charge in [-0.2, -0.15) is 0 Å². The standard InChI is InChI=1S/C27H32ClN3O5/c1-15-11-18(12-16(2)22(15)36-26(4,5)25(33)34)14-30-27(6,24(29)32)13-21-17(3)35-23(31-21)19-7-9-20(28)10-8-19/h7-12,30H,13-14H2,1-6H3,(H2,29,32)(H,33,34). The molecule has 8 nitrogen and oxygen atoms in total. The van der Waals surface area contributed by atoms with Crippen LogP contribution < -0.4 is 15.8 Å². The molecular weight excluding hydrogens is 482 g/mol. The Balaban J connectivity index is 1.79. The Bertz CT molecular complexity index is 1260. The molecule has 0 aliphatic rings. The van der Waals surface area contributed by atoms with E-state index in [2.05, 4.69) is 10.3 Å². The number of carboxylic acids is 1. The Hall–Kier alpha value is -3.36. The summed E-state index contributed by atoms with van der Waals surface area (Å²) in [4.78, 5) is 28.6.